The highest BCUT2D eigenvalue weighted by Crippen LogP contribution is 2.36. The van der Waals surface area contributed by atoms with Crippen molar-refractivity contribution in [2.24, 2.45) is 0 Å². The maximum atomic E-state index is 12.4. The fraction of sp³-hybridized carbons (Fsp3) is 0.158. The summed E-state index contributed by atoms with van der Waals surface area (Å²) >= 11 is 0. The predicted molar refractivity (Wildman–Crippen MR) is 91.6 cm³/mol. The first-order valence-corrected chi connectivity index (χ1v) is 7.38. The highest BCUT2D eigenvalue weighted by Gasteiger charge is 2.20. The lowest BCUT2D eigenvalue weighted by Gasteiger charge is -2.14. The Hall–Kier alpha value is -3.08. The Bertz CT molecular complexity index is 891. The van der Waals surface area contributed by atoms with E-state index in [0.29, 0.717) is 28.1 Å². The minimum absolute atomic E-state index is 0.405. The van der Waals surface area contributed by atoms with Crippen LogP contribution in [0.25, 0.3) is 22.0 Å². The molecule has 0 N–H and O–H groups in total. The van der Waals surface area contributed by atoms with Gasteiger partial charge < -0.3 is 14.2 Å². The standard InChI is InChI=1S/C19H17NO4/c1-22-15-9-13-11-20-18(12-7-5-4-6-8-12)17(19(21)24-3)14(13)10-16(15)23-2/h4-11H,1-3H3. The molecular formula is C19H17NO4. The summed E-state index contributed by atoms with van der Waals surface area (Å²) in [5.74, 6) is 0.676. The van der Waals surface area contributed by atoms with Crippen LogP contribution in [-0.2, 0) is 4.74 Å². The van der Waals surface area contributed by atoms with Crippen molar-refractivity contribution in [1.29, 1.82) is 0 Å². The molecule has 0 saturated heterocycles. The Morgan fingerprint density at radius 1 is 0.958 bits per heavy atom. The molecule has 5 nitrogen and oxygen atoms in total. The number of nitrogens with zero attached hydrogens (tertiary/aromatic N) is 1. The van der Waals surface area contributed by atoms with Crippen LogP contribution in [0.5, 0.6) is 11.5 Å². The molecule has 0 atom stereocenters. The van der Waals surface area contributed by atoms with Gasteiger partial charge in [0.2, 0.25) is 0 Å². The maximum Gasteiger partial charge on any atom is 0.340 e. The third kappa shape index (κ3) is 2.65. The van der Waals surface area contributed by atoms with Gasteiger partial charge in [0.1, 0.15) is 0 Å². The van der Waals surface area contributed by atoms with Crippen molar-refractivity contribution in [3.63, 3.8) is 0 Å². The van der Waals surface area contributed by atoms with E-state index >= 15 is 0 Å². The average Bonchev–Trinajstić information content (AvgIpc) is 2.65. The lowest BCUT2D eigenvalue weighted by Crippen LogP contribution is -2.07. The second-order valence-corrected chi connectivity index (χ2v) is 5.13. The summed E-state index contributed by atoms with van der Waals surface area (Å²) < 4.78 is 15.7. The molecule has 0 aliphatic carbocycles. The van der Waals surface area contributed by atoms with Gasteiger partial charge in [0, 0.05) is 22.5 Å². The second-order valence-electron chi connectivity index (χ2n) is 5.13. The number of hydrogen-bond acceptors (Lipinski definition) is 5. The summed E-state index contributed by atoms with van der Waals surface area (Å²) in [6.07, 6.45) is 1.71. The van der Waals surface area contributed by atoms with E-state index < -0.39 is 5.97 Å². The van der Waals surface area contributed by atoms with Crippen LogP contribution in [0, 0.1) is 0 Å². The van der Waals surface area contributed by atoms with Crippen molar-refractivity contribution in [1.82, 2.24) is 4.98 Å². The molecule has 0 spiro atoms. The molecular weight excluding hydrogens is 306 g/mol. The van der Waals surface area contributed by atoms with Crippen molar-refractivity contribution < 1.29 is 19.0 Å². The number of methoxy groups -OCH3 is 3. The third-order valence-corrected chi connectivity index (χ3v) is 3.83. The van der Waals surface area contributed by atoms with Crippen molar-refractivity contribution in [2.75, 3.05) is 21.3 Å². The van der Waals surface area contributed by atoms with Gasteiger partial charge in [0.25, 0.3) is 0 Å². The highest BCUT2D eigenvalue weighted by molar-refractivity contribution is 6.09. The Labute approximate surface area is 139 Å². The minimum atomic E-state index is -0.445. The van der Waals surface area contributed by atoms with Crippen LogP contribution in [0.3, 0.4) is 0 Å². The van der Waals surface area contributed by atoms with Gasteiger partial charge in [0.15, 0.2) is 11.5 Å². The largest absolute Gasteiger partial charge is 0.493 e. The number of ether oxygens (including phenoxy) is 3. The van der Waals surface area contributed by atoms with E-state index in [-0.39, 0.29) is 0 Å². The normalized spacial score (nSPS) is 10.5. The van der Waals surface area contributed by atoms with E-state index in [0.717, 1.165) is 10.9 Å². The number of rotatable bonds is 4. The predicted octanol–water partition coefficient (Wildman–Crippen LogP) is 3.71. The fourth-order valence-corrected chi connectivity index (χ4v) is 2.67. The molecule has 1 heterocycles. The number of carbonyl (C=O) groups excluding carboxylic acids is 1. The molecule has 0 radical (unpaired) electrons. The summed E-state index contributed by atoms with van der Waals surface area (Å²) in [4.78, 5) is 16.9. The van der Waals surface area contributed by atoms with Crippen molar-refractivity contribution in [3.8, 4) is 22.8 Å². The number of benzene rings is 2. The van der Waals surface area contributed by atoms with Gasteiger partial charge in [-0.2, -0.15) is 0 Å². The van der Waals surface area contributed by atoms with E-state index in [2.05, 4.69) is 4.98 Å². The number of carbonyl (C=O) groups is 1. The van der Waals surface area contributed by atoms with Crippen molar-refractivity contribution in [3.05, 3.63) is 54.2 Å². The van der Waals surface area contributed by atoms with Crippen LogP contribution in [0.2, 0.25) is 0 Å². The molecule has 3 aromatic rings. The van der Waals surface area contributed by atoms with Gasteiger partial charge >= 0.3 is 5.97 Å². The number of fused-ring (bicyclic) bond motifs is 1. The molecule has 5 heteroatoms. The number of esters is 1. The van der Waals surface area contributed by atoms with Gasteiger partial charge in [-0.05, 0) is 12.1 Å². The molecule has 2 aromatic carbocycles. The summed E-state index contributed by atoms with van der Waals surface area (Å²) in [7, 11) is 4.48. The van der Waals surface area contributed by atoms with E-state index in [1.807, 2.05) is 30.3 Å². The monoisotopic (exact) mass is 323 g/mol. The van der Waals surface area contributed by atoms with Crippen LogP contribution in [-0.4, -0.2) is 32.3 Å². The number of hydrogen-bond donors (Lipinski definition) is 0. The molecule has 0 unspecified atom stereocenters. The zero-order valence-electron chi connectivity index (χ0n) is 13.7. The molecule has 0 aliphatic heterocycles. The summed E-state index contributed by atoms with van der Waals surface area (Å²) in [5.41, 5.74) is 1.82. The van der Waals surface area contributed by atoms with Gasteiger partial charge in [-0.25, -0.2) is 4.79 Å². The summed E-state index contributed by atoms with van der Waals surface area (Å²) in [6.45, 7) is 0. The molecule has 0 fully saturated rings. The first-order chi connectivity index (χ1) is 11.7. The Kier molecular flexibility index (Phi) is 4.33. The molecule has 24 heavy (non-hydrogen) atoms. The zero-order valence-corrected chi connectivity index (χ0v) is 13.7. The van der Waals surface area contributed by atoms with Crippen LogP contribution >= 0.6 is 0 Å². The fourth-order valence-electron chi connectivity index (χ4n) is 2.67. The van der Waals surface area contributed by atoms with E-state index in [4.69, 9.17) is 14.2 Å². The molecule has 0 aliphatic rings. The number of aromatic nitrogens is 1. The number of pyridine rings is 1. The van der Waals surface area contributed by atoms with E-state index in [1.165, 1.54) is 7.11 Å². The Morgan fingerprint density at radius 2 is 1.62 bits per heavy atom. The lowest BCUT2D eigenvalue weighted by atomic mass is 9.99. The smallest absolute Gasteiger partial charge is 0.340 e. The summed E-state index contributed by atoms with van der Waals surface area (Å²) in [6, 6.07) is 13.1. The first-order valence-electron chi connectivity index (χ1n) is 7.38. The molecule has 0 amide bonds. The second kappa shape index (κ2) is 6.58. The SMILES string of the molecule is COC(=O)c1c(-c2ccccc2)ncc2cc(OC)c(OC)cc12. The van der Waals surface area contributed by atoms with Crippen molar-refractivity contribution in [2.45, 2.75) is 0 Å². The van der Waals surface area contributed by atoms with Crippen LogP contribution in [0.1, 0.15) is 10.4 Å². The first kappa shape index (κ1) is 15.8. The summed E-state index contributed by atoms with van der Waals surface area (Å²) in [5, 5.41) is 1.47. The average molecular weight is 323 g/mol. The minimum Gasteiger partial charge on any atom is -0.493 e. The van der Waals surface area contributed by atoms with Gasteiger partial charge in [0.05, 0.1) is 32.6 Å². The van der Waals surface area contributed by atoms with Crippen LogP contribution in [0.4, 0.5) is 0 Å². The highest BCUT2D eigenvalue weighted by atomic mass is 16.5. The molecule has 1 aromatic heterocycles. The molecule has 122 valence electrons. The zero-order chi connectivity index (χ0) is 17.1. The maximum absolute atomic E-state index is 12.4. The van der Waals surface area contributed by atoms with Gasteiger partial charge in [-0.15, -0.1) is 0 Å². The van der Waals surface area contributed by atoms with E-state index in [9.17, 15) is 4.79 Å². The quantitative estimate of drug-likeness (QED) is 0.685. The molecule has 3 rings (SSSR count). The van der Waals surface area contributed by atoms with Gasteiger partial charge in [-0.3, -0.25) is 4.98 Å². The molecule has 0 bridgehead atoms. The third-order valence-electron chi connectivity index (χ3n) is 3.83. The van der Waals surface area contributed by atoms with E-state index in [1.54, 1.807) is 32.5 Å². The van der Waals surface area contributed by atoms with Crippen LogP contribution < -0.4 is 9.47 Å². The Balaban J connectivity index is 2.36. The van der Waals surface area contributed by atoms with Crippen molar-refractivity contribution >= 4 is 16.7 Å². The van der Waals surface area contributed by atoms with Crippen LogP contribution in [0.15, 0.2) is 48.7 Å². The lowest BCUT2D eigenvalue weighted by molar-refractivity contribution is 0.0603. The molecule has 0 saturated carbocycles. The topological polar surface area (TPSA) is 57.7 Å². The van der Waals surface area contributed by atoms with Gasteiger partial charge in [-0.1, -0.05) is 30.3 Å². The Morgan fingerprint density at radius 3 is 2.25 bits per heavy atom.